The van der Waals surface area contributed by atoms with Gasteiger partial charge < -0.3 is 9.90 Å². The molecule has 0 radical (unpaired) electrons. The Bertz CT molecular complexity index is 277. The molecule has 11 heavy (non-hydrogen) atoms. The summed E-state index contributed by atoms with van der Waals surface area (Å²) >= 11 is 0. The average Bonchev–Trinajstić information content (AvgIpc) is 2.05. The molecule has 0 spiro atoms. The summed E-state index contributed by atoms with van der Waals surface area (Å²) in [5, 5.41) is 8.46. The van der Waals surface area contributed by atoms with Gasteiger partial charge in [-0.2, -0.15) is 0 Å². The largest absolute Gasteiger partial charge is 0.617 e. The molecule has 0 amide bonds. The normalized spacial score (nSPS) is 9.09. The molecule has 3 N–H and O–H groups in total. The van der Waals surface area contributed by atoms with Gasteiger partial charge in [-0.05, 0) is 12.1 Å². The minimum Gasteiger partial charge on any atom is -0.328 e. The molecule has 0 fully saturated rings. The smallest absolute Gasteiger partial charge is 0.328 e. The molecule has 0 aliphatic heterocycles. The molecule has 0 aliphatic carbocycles. The summed E-state index contributed by atoms with van der Waals surface area (Å²) in [4.78, 5) is 17.4. The van der Waals surface area contributed by atoms with Crippen LogP contribution in [-0.2, 0) is 0 Å². The molecule has 3 nitrogen and oxygen atoms in total. The van der Waals surface area contributed by atoms with Crippen LogP contribution in [0, 0.1) is 0 Å². The maximum absolute atomic E-state index is 8.98. The maximum atomic E-state index is 8.98. The summed E-state index contributed by atoms with van der Waals surface area (Å²) in [6.45, 7) is 0. The van der Waals surface area contributed by atoms with E-state index < -0.39 is 11.8 Å². The highest BCUT2D eigenvalue weighted by atomic mass is 16.4. The van der Waals surface area contributed by atoms with Gasteiger partial charge in [0.25, 0.3) is 0 Å². The summed E-state index contributed by atoms with van der Waals surface area (Å²) in [5.41, 5.74) is 0.382. The van der Waals surface area contributed by atoms with Crippen LogP contribution in [-0.4, -0.2) is 26.4 Å². The number of rotatable bonds is 2. The highest BCUT2D eigenvalue weighted by Crippen LogP contribution is 1.98. The standard InChI is InChI=1S/C8H6O3/c9-7(8(10)11)6-4-2-1-3-5-6/h1-5H,(H,10,11)/p+2. The molecule has 1 aromatic carbocycles. The van der Waals surface area contributed by atoms with Crippen molar-refractivity contribution >= 4 is 11.8 Å². The zero-order chi connectivity index (χ0) is 8.27. The van der Waals surface area contributed by atoms with Crippen LogP contribution in [0.1, 0.15) is 5.56 Å². The van der Waals surface area contributed by atoms with Gasteiger partial charge in [-0.3, -0.25) is 4.79 Å². The van der Waals surface area contributed by atoms with Gasteiger partial charge in [-0.15, -0.1) is 0 Å². The van der Waals surface area contributed by atoms with Crippen molar-refractivity contribution in [2.24, 2.45) is 0 Å². The SMILES string of the molecule is OC(=[OH+])C(=[OH+])c1ccccc1. The second-order valence-corrected chi connectivity index (χ2v) is 2.04. The summed E-state index contributed by atoms with van der Waals surface area (Å²) in [7, 11) is 0. The van der Waals surface area contributed by atoms with E-state index in [0.29, 0.717) is 5.56 Å². The van der Waals surface area contributed by atoms with Crippen LogP contribution in [0.4, 0.5) is 0 Å². The van der Waals surface area contributed by atoms with Crippen LogP contribution >= 0.6 is 0 Å². The number of benzene rings is 1. The molecule has 0 unspecified atom stereocenters. The van der Waals surface area contributed by atoms with Crippen LogP contribution in [0.25, 0.3) is 0 Å². The highest BCUT2D eigenvalue weighted by Gasteiger charge is 2.28. The fourth-order valence-corrected chi connectivity index (χ4v) is 0.725. The van der Waals surface area contributed by atoms with Crippen molar-refractivity contribution in [3.05, 3.63) is 35.9 Å². The fourth-order valence-electron chi connectivity index (χ4n) is 0.725. The van der Waals surface area contributed by atoms with Crippen molar-refractivity contribution < 1.29 is 14.7 Å². The fraction of sp³-hybridized carbons (Fsp3) is 0. The van der Waals surface area contributed by atoms with E-state index in [4.69, 9.17) is 14.7 Å². The van der Waals surface area contributed by atoms with Crippen molar-refractivity contribution in [3.63, 3.8) is 0 Å². The van der Waals surface area contributed by atoms with Crippen molar-refractivity contribution in [3.8, 4) is 0 Å². The minimum atomic E-state index is -1.06. The number of aliphatic carboxylic acids is 1. The molecular formula is C8H8O3+2. The third kappa shape index (κ3) is 1.64. The Kier molecular flexibility index (Phi) is 2.01. The predicted molar refractivity (Wildman–Crippen MR) is 42.1 cm³/mol. The molecule has 56 valence electrons. The highest BCUT2D eigenvalue weighted by molar-refractivity contribution is 6.40. The first-order valence-electron chi connectivity index (χ1n) is 3.08. The van der Waals surface area contributed by atoms with Gasteiger partial charge in [0, 0.05) is 0 Å². The Morgan fingerprint density at radius 2 is 1.64 bits per heavy atom. The summed E-state index contributed by atoms with van der Waals surface area (Å²) in [6, 6.07) is 8.29. The number of carboxylic acids is 1. The van der Waals surface area contributed by atoms with Gasteiger partial charge in [-0.1, -0.05) is 18.2 Å². The van der Waals surface area contributed by atoms with Gasteiger partial charge in [0.2, 0.25) is 0 Å². The summed E-state index contributed by atoms with van der Waals surface area (Å²) < 4.78 is 0. The molecule has 3 heteroatoms. The second-order valence-electron chi connectivity index (χ2n) is 2.04. The molecule has 0 aromatic heterocycles. The summed E-state index contributed by atoms with van der Waals surface area (Å²) in [6.07, 6.45) is 0. The lowest BCUT2D eigenvalue weighted by molar-refractivity contribution is 0.466. The first-order valence-corrected chi connectivity index (χ1v) is 3.08. The quantitative estimate of drug-likeness (QED) is 0.377. The topological polar surface area (TPSA) is 63.0 Å². The van der Waals surface area contributed by atoms with Crippen molar-refractivity contribution in [1.29, 1.82) is 0 Å². The lowest BCUT2D eigenvalue weighted by atomic mass is 10.1. The molecule has 0 atom stereocenters. The molecule has 0 saturated carbocycles. The lowest BCUT2D eigenvalue weighted by Gasteiger charge is -1.83. The third-order valence-corrected chi connectivity index (χ3v) is 1.26. The van der Waals surface area contributed by atoms with E-state index in [-0.39, 0.29) is 0 Å². The first kappa shape index (κ1) is 7.47. The van der Waals surface area contributed by atoms with Gasteiger partial charge in [0.05, 0.1) is 5.56 Å². The summed E-state index contributed by atoms with van der Waals surface area (Å²) in [5.74, 6) is -1.57. The Hall–Kier alpha value is -1.64. The molecule has 0 aliphatic rings. The predicted octanol–water partition coefficient (Wildman–Crippen LogP) is 0.640. The van der Waals surface area contributed by atoms with Crippen LogP contribution in [0.3, 0.4) is 0 Å². The number of aliphatic hydroxyl groups excluding tert-OH is 1. The van der Waals surface area contributed by atoms with Crippen molar-refractivity contribution in [2.75, 3.05) is 0 Å². The lowest BCUT2D eigenvalue weighted by Crippen LogP contribution is -2.14. The molecule has 0 bridgehead atoms. The van der Waals surface area contributed by atoms with E-state index >= 15 is 0 Å². The molecule has 0 saturated heterocycles. The van der Waals surface area contributed by atoms with Gasteiger partial charge in [-0.25, -0.2) is 0 Å². The average molecular weight is 152 g/mol. The maximum Gasteiger partial charge on any atom is 0.617 e. The number of hydrogen-bond donors (Lipinski definition) is 1. The van der Waals surface area contributed by atoms with Gasteiger partial charge in [0.15, 0.2) is 0 Å². The molecule has 1 rings (SSSR count). The van der Waals surface area contributed by atoms with E-state index in [1.54, 1.807) is 30.3 Å². The van der Waals surface area contributed by atoms with Crippen LogP contribution in [0.5, 0.6) is 0 Å². The van der Waals surface area contributed by atoms with E-state index in [2.05, 4.69) is 0 Å². The van der Waals surface area contributed by atoms with E-state index in [1.165, 1.54) is 0 Å². The van der Waals surface area contributed by atoms with E-state index in [0.717, 1.165) is 0 Å². The number of ketones is 1. The number of carbonyl (C=O) groups excluding carboxylic acids is 1. The van der Waals surface area contributed by atoms with Crippen molar-refractivity contribution in [1.82, 2.24) is 0 Å². The van der Waals surface area contributed by atoms with E-state index in [9.17, 15) is 0 Å². The van der Waals surface area contributed by atoms with Crippen LogP contribution in [0.2, 0.25) is 0 Å². The molecular weight excluding hydrogens is 144 g/mol. The zero-order valence-corrected chi connectivity index (χ0v) is 5.73. The monoisotopic (exact) mass is 152 g/mol. The zero-order valence-electron chi connectivity index (χ0n) is 5.73. The Morgan fingerprint density at radius 1 is 1.09 bits per heavy atom. The van der Waals surface area contributed by atoms with Crippen LogP contribution in [0.15, 0.2) is 30.3 Å². The minimum absolute atomic E-state index is 0.382. The van der Waals surface area contributed by atoms with Crippen molar-refractivity contribution in [2.45, 2.75) is 0 Å². The van der Waals surface area contributed by atoms with E-state index in [1.807, 2.05) is 0 Å². The second kappa shape index (κ2) is 2.96. The number of hydrogen-bond acceptors (Lipinski definition) is 0. The Balaban J connectivity index is 2.95. The van der Waals surface area contributed by atoms with Gasteiger partial charge >= 0.3 is 11.8 Å². The van der Waals surface area contributed by atoms with Gasteiger partial charge in [0.1, 0.15) is 0 Å². The Morgan fingerprint density at radius 3 is 2.09 bits per heavy atom. The Labute approximate surface area is 63.3 Å². The number of carboxylic acid groups (broad SMARTS) is 1. The molecule has 0 heterocycles. The van der Waals surface area contributed by atoms with Crippen LogP contribution < -0.4 is 0 Å². The molecule has 1 aromatic rings. The first-order chi connectivity index (χ1) is 5.22. The third-order valence-electron chi connectivity index (χ3n) is 1.26.